The average Bonchev–Trinajstić information content (AvgIpc) is 2.64. The van der Waals surface area contributed by atoms with E-state index >= 15 is 0 Å². The molecule has 1 aromatic carbocycles. The molecule has 9 heteroatoms. The van der Waals surface area contributed by atoms with Crippen LogP contribution >= 0.6 is 7.60 Å². The number of nitriles is 1. The predicted octanol–water partition coefficient (Wildman–Crippen LogP) is 3.12. The molecule has 28 heavy (non-hydrogen) atoms. The van der Waals surface area contributed by atoms with E-state index in [1.807, 2.05) is 6.07 Å². The van der Waals surface area contributed by atoms with Crippen LogP contribution in [0.1, 0.15) is 55.5 Å². The Kier molecular flexibility index (Phi) is 10.5. The monoisotopic (exact) mass is 409 g/mol. The van der Waals surface area contributed by atoms with Crippen LogP contribution in [0.25, 0.3) is 0 Å². The van der Waals surface area contributed by atoms with Crippen molar-refractivity contribution in [3.05, 3.63) is 35.4 Å². The third kappa shape index (κ3) is 8.22. The number of carbonyl (C=O) groups is 2. The molecule has 8 nitrogen and oxygen atoms in total. The van der Waals surface area contributed by atoms with Crippen molar-refractivity contribution < 1.29 is 23.2 Å². The first-order chi connectivity index (χ1) is 13.3. The fourth-order valence-electron chi connectivity index (χ4n) is 2.59. The molecular formula is C19H28N3O5P. The number of unbranched alkanes of at least 4 members (excludes halogenated alkanes) is 2. The zero-order valence-electron chi connectivity index (χ0n) is 16.3. The van der Waals surface area contributed by atoms with Crippen LogP contribution in [0, 0.1) is 11.3 Å². The molecule has 0 fully saturated rings. The van der Waals surface area contributed by atoms with E-state index in [4.69, 9.17) is 20.0 Å². The molecule has 0 saturated heterocycles. The van der Waals surface area contributed by atoms with Crippen LogP contribution in [0.4, 0.5) is 0 Å². The lowest BCUT2D eigenvalue weighted by Gasteiger charge is -2.17. The Labute approximate surface area is 165 Å². The van der Waals surface area contributed by atoms with Crippen LogP contribution in [-0.2, 0) is 24.6 Å². The van der Waals surface area contributed by atoms with Gasteiger partial charge in [0.1, 0.15) is 6.04 Å². The van der Waals surface area contributed by atoms with Gasteiger partial charge in [0.15, 0.2) is 0 Å². The number of carbonyl (C=O) groups excluding carboxylic acids is 2. The maximum absolute atomic E-state index is 12.6. The molecule has 0 bridgehead atoms. The largest absolute Gasteiger partial charge is 0.368 e. The van der Waals surface area contributed by atoms with Gasteiger partial charge in [0, 0.05) is 12.0 Å². The molecular weight excluding hydrogens is 381 g/mol. The van der Waals surface area contributed by atoms with Crippen molar-refractivity contribution in [2.45, 2.75) is 51.7 Å². The molecule has 0 aliphatic heterocycles. The van der Waals surface area contributed by atoms with Crippen LogP contribution in [0.2, 0.25) is 0 Å². The van der Waals surface area contributed by atoms with Crippen molar-refractivity contribution in [2.75, 3.05) is 13.2 Å². The van der Waals surface area contributed by atoms with Gasteiger partial charge in [-0.2, -0.15) is 5.26 Å². The summed E-state index contributed by atoms with van der Waals surface area (Å²) in [5, 5.41) is 11.2. The molecule has 154 valence electrons. The number of benzene rings is 1. The molecule has 1 rings (SSSR count). The minimum Gasteiger partial charge on any atom is -0.368 e. The summed E-state index contributed by atoms with van der Waals surface area (Å²) in [6.07, 6.45) is 2.15. The third-order valence-electron chi connectivity index (χ3n) is 3.92. The predicted molar refractivity (Wildman–Crippen MR) is 106 cm³/mol. The fourth-order valence-corrected chi connectivity index (χ4v) is 4.29. The van der Waals surface area contributed by atoms with Gasteiger partial charge in [0.2, 0.25) is 5.91 Å². The lowest BCUT2D eigenvalue weighted by Crippen LogP contribution is -2.44. The first-order valence-corrected chi connectivity index (χ1v) is 11.0. The van der Waals surface area contributed by atoms with Crippen molar-refractivity contribution >= 4 is 19.4 Å². The molecule has 1 aromatic rings. The molecule has 0 saturated carbocycles. The summed E-state index contributed by atoms with van der Waals surface area (Å²) in [6, 6.07) is 7.76. The normalized spacial score (nSPS) is 12.2. The van der Waals surface area contributed by atoms with Crippen molar-refractivity contribution in [2.24, 2.45) is 5.73 Å². The van der Waals surface area contributed by atoms with Crippen LogP contribution in [-0.4, -0.2) is 31.1 Å². The van der Waals surface area contributed by atoms with E-state index in [1.54, 1.807) is 38.1 Å². The summed E-state index contributed by atoms with van der Waals surface area (Å²) >= 11 is 0. The highest BCUT2D eigenvalue weighted by atomic mass is 31.2. The van der Waals surface area contributed by atoms with Crippen molar-refractivity contribution in [3.8, 4) is 6.07 Å². The molecule has 0 aliphatic carbocycles. The van der Waals surface area contributed by atoms with Crippen molar-refractivity contribution in [3.63, 3.8) is 0 Å². The standard InChI is InChI=1S/C19H28N3O5P/c1-3-26-28(25,27-4-2)14-15-9-11-16(12-10-15)19(24)22-17(18(21)23)8-6-5-7-13-20/h9-12,17H,3-8,14H2,1-2H3,(H2,21,23)(H,22,24)/t17-/m1/s1. The summed E-state index contributed by atoms with van der Waals surface area (Å²) in [5.74, 6) is -1.04. The van der Waals surface area contributed by atoms with Crippen LogP contribution in [0.5, 0.6) is 0 Å². The van der Waals surface area contributed by atoms with E-state index in [-0.39, 0.29) is 19.4 Å². The van der Waals surface area contributed by atoms with Gasteiger partial charge in [-0.1, -0.05) is 12.1 Å². The van der Waals surface area contributed by atoms with Gasteiger partial charge < -0.3 is 20.1 Å². The summed E-state index contributed by atoms with van der Waals surface area (Å²) in [7, 11) is -3.22. The van der Waals surface area contributed by atoms with Crippen LogP contribution in [0.3, 0.4) is 0 Å². The van der Waals surface area contributed by atoms with E-state index in [2.05, 4.69) is 5.32 Å². The molecule has 0 unspecified atom stereocenters. The highest BCUT2D eigenvalue weighted by Crippen LogP contribution is 2.51. The number of hydrogen-bond donors (Lipinski definition) is 2. The Morgan fingerprint density at radius 2 is 1.79 bits per heavy atom. The summed E-state index contributed by atoms with van der Waals surface area (Å²) in [4.78, 5) is 23.9. The second kappa shape index (κ2) is 12.3. The highest BCUT2D eigenvalue weighted by molar-refractivity contribution is 7.53. The molecule has 0 spiro atoms. The van der Waals surface area contributed by atoms with Gasteiger partial charge in [-0.15, -0.1) is 0 Å². The molecule has 2 amide bonds. The van der Waals surface area contributed by atoms with E-state index < -0.39 is 25.5 Å². The Bertz CT molecular complexity index is 720. The smallest absolute Gasteiger partial charge is 0.335 e. The van der Waals surface area contributed by atoms with Gasteiger partial charge in [-0.3, -0.25) is 14.2 Å². The van der Waals surface area contributed by atoms with E-state index in [1.165, 1.54) is 0 Å². The molecule has 1 atom stereocenters. The quantitative estimate of drug-likeness (QED) is 0.380. The third-order valence-corrected chi connectivity index (χ3v) is 5.98. The summed E-state index contributed by atoms with van der Waals surface area (Å²) in [5.41, 5.74) is 6.42. The SMILES string of the molecule is CCOP(=O)(Cc1ccc(C(=O)N[C@H](CCCCC#N)C(N)=O)cc1)OCC. The maximum atomic E-state index is 12.6. The lowest BCUT2D eigenvalue weighted by atomic mass is 10.1. The number of amides is 2. The van der Waals surface area contributed by atoms with Crippen LogP contribution in [0.15, 0.2) is 24.3 Å². The molecule has 0 heterocycles. The number of nitrogens with one attached hydrogen (secondary N) is 1. The van der Waals surface area contributed by atoms with E-state index in [0.29, 0.717) is 36.8 Å². The van der Waals surface area contributed by atoms with Gasteiger partial charge in [0.05, 0.1) is 25.4 Å². The summed E-state index contributed by atoms with van der Waals surface area (Å²) in [6.45, 7) is 4.05. The Balaban J connectivity index is 2.72. The number of primary amides is 1. The number of rotatable bonds is 13. The van der Waals surface area contributed by atoms with Gasteiger partial charge in [0.25, 0.3) is 5.91 Å². The molecule has 3 N–H and O–H groups in total. The van der Waals surface area contributed by atoms with Crippen molar-refractivity contribution in [1.82, 2.24) is 5.32 Å². The average molecular weight is 409 g/mol. The van der Waals surface area contributed by atoms with E-state index in [0.717, 1.165) is 0 Å². The van der Waals surface area contributed by atoms with Gasteiger partial charge >= 0.3 is 7.60 Å². The zero-order valence-corrected chi connectivity index (χ0v) is 17.2. The van der Waals surface area contributed by atoms with Crippen molar-refractivity contribution in [1.29, 1.82) is 5.26 Å². The Morgan fingerprint density at radius 3 is 2.29 bits per heavy atom. The Morgan fingerprint density at radius 1 is 1.18 bits per heavy atom. The van der Waals surface area contributed by atoms with E-state index in [9.17, 15) is 14.2 Å². The zero-order chi connectivity index (χ0) is 21.0. The highest BCUT2D eigenvalue weighted by Gasteiger charge is 2.24. The summed E-state index contributed by atoms with van der Waals surface area (Å²) < 4.78 is 23.1. The second-order valence-corrected chi connectivity index (χ2v) is 8.19. The minimum atomic E-state index is -3.22. The minimum absolute atomic E-state index is 0.110. The molecule has 0 aromatic heterocycles. The first kappa shape index (κ1) is 23.8. The lowest BCUT2D eigenvalue weighted by molar-refractivity contribution is -0.120. The van der Waals surface area contributed by atoms with Gasteiger partial charge in [-0.05, 0) is 50.8 Å². The number of nitrogens with two attached hydrogens (primary N) is 1. The topological polar surface area (TPSA) is 132 Å². The molecule has 0 radical (unpaired) electrons. The van der Waals surface area contributed by atoms with Crippen LogP contribution < -0.4 is 11.1 Å². The fraction of sp³-hybridized carbons (Fsp3) is 0.526. The second-order valence-electron chi connectivity index (χ2n) is 6.13. The maximum Gasteiger partial charge on any atom is 0.335 e. The molecule has 0 aliphatic rings. The Hall–Kier alpha value is -2.20. The number of hydrogen-bond acceptors (Lipinski definition) is 6. The number of nitrogens with zero attached hydrogens (tertiary/aromatic N) is 1. The first-order valence-electron chi connectivity index (χ1n) is 9.29. The van der Waals surface area contributed by atoms with Gasteiger partial charge in [-0.25, -0.2) is 0 Å².